The van der Waals surface area contributed by atoms with E-state index in [9.17, 15) is 4.39 Å². The summed E-state index contributed by atoms with van der Waals surface area (Å²) in [7, 11) is 0. The smallest absolute Gasteiger partial charge is 0.123 e. The lowest BCUT2D eigenvalue weighted by atomic mass is 10.2. The number of halogens is 1. The molecule has 0 fully saturated rings. The summed E-state index contributed by atoms with van der Waals surface area (Å²) < 4.78 is 13.1. The zero-order valence-corrected chi connectivity index (χ0v) is 11.4. The van der Waals surface area contributed by atoms with E-state index in [4.69, 9.17) is 0 Å². The Balaban J connectivity index is 2.15. The molecule has 1 aromatic carbocycles. The summed E-state index contributed by atoms with van der Waals surface area (Å²) in [6.45, 7) is 5.22. The van der Waals surface area contributed by atoms with Gasteiger partial charge < -0.3 is 5.32 Å². The van der Waals surface area contributed by atoms with E-state index >= 15 is 0 Å². The number of thiazole rings is 1. The van der Waals surface area contributed by atoms with Gasteiger partial charge in [-0.1, -0.05) is 19.1 Å². The van der Waals surface area contributed by atoms with Crippen molar-refractivity contribution in [1.29, 1.82) is 0 Å². The van der Waals surface area contributed by atoms with Gasteiger partial charge >= 0.3 is 0 Å². The molecule has 1 N–H and O–H groups in total. The zero-order chi connectivity index (χ0) is 13.0. The van der Waals surface area contributed by atoms with E-state index in [2.05, 4.69) is 24.1 Å². The maximum absolute atomic E-state index is 13.1. The van der Waals surface area contributed by atoms with Crippen LogP contribution in [0.1, 0.15) is 32.0 Å². The van der Waals surface area contributed by atoms with Crippen LogP contribution in [0.3, 0.4) is 0 Å². The highest BCUT2D eigenvalue weighted by atomic mass is 32.1. The van der Waals surface area contributed by atoms with Gasteiger partial charge in [-0.3, -0.25) is 0 Å². The largest absolute Gasteiger partial charge is 0.309 e. The van der Waals surface area contributed by atoms with Crippen molar-refractivity contribution in [3.63, 3.8) is 0 Å². The van der Waals surface area contributed by atoms with E-state index in [1.165, 1.54) is 12.1 Å². The van der Waals surface area contributed by atoms with Gasteiger partial charge in [0, 0.05) is 17.0 Å². The predicted octanol–water partition coefficient (Wildman–Crippen LogP) is 4.01. The number of rotatable bonds is 5. The lowest BCUT2D eigenvalue weighted by Crippen LogP contribution is -2.19. The van der Waals surface area contributed by atoms with Gasteiger partial charge in [0.15, 0.2) is 0 Å². The molecular weight excluding hydrogens is 247 g/mol. The van der Waals surface area contributed by atoms with Crippen LogP contribution in [0.5, 0.6) is 0 Å². The van der Waals surface area contributed by atoms with Crippen molar-refractivity contribution in [2.45, 2.75) is 26.3 Å². The van der Waals surface area contributed by atoms with E-state index in [1.54, 1.807) is 17.4 Å². The Morgan fingerprint density at radius 3 is 3.00 bits per heavy atom. The molecule has 96 valence electrons. The number of hydrogen-bond acceptors (Lipinski definition) is 3. The summed E-state index contributed by atoms with van der Waals surface area (Å²) in [5.74, 6) is -0.221. The minimum absolute atomic E-state index is 0.221. The first kappa shape index (κ1) is 13.2. The van der Waals surface area contributed by atoms with Gasteiger partial charge in [0.25, 0.3) is 0 Å². The van der Waals surface area contributed by atoms with Crippen LogP contribution < -0.4 is 5.32 Å². The average Bonchev–Trinajstić information content (AvgIpc) is 2.85. The highest BCUT2D eigenvalue weighted by molar-refractivity contribution is 7.13. The molecule has 0 bridgehead atoms. The quantitative estimate of drug-likeness (QED) is 0.882. The lowest BCUT2D eigenvalue weighted by Gasteiger charge is -2.09. The van der Waals surface area contributed by atoms with Crippen LogP contribution in [-0.2, 0) is 0 Å². The highest BCUT2D eigenvalue weighted by Gasteiger charge is 2.10. The van der Waals surface area contributed by atoms with Gasteiger partial charge in [0.1, 0.15) is 10.8 Å². The van der Waals surface area contributed by atoms with Crippen LogP contribution in [-0.4, -0.2) is 11.5 Å². The summed E-state index contributed by atoms with van der Waals surface area (Å²) in [6.07, 6.45) is 1.10. The van der Waals surface area contributed by atoms with Crippen molar-refractivity contribution in [2.24, 2.45) is 0 Å². The number of hydrogen-bond donors (Lipinski definition) is 1. The Morgan fingerprint density at radius 2 is 2.28 bits per heavy atom. The van der Waals surface area contributed by atoms with E-state index < -0.39 is 0 Å². The van der Waals surface area contributed by atoms with Crippen LogP contribution >= 0.6 is 11.3 Å². The molecule has 2 nitrogen and oxygen atoms in total. The maximum atomic E-state index is 13.1. The van der Waals surface area contributed by atoms with Crippen LogP contribution in [0.15, 0.2) is 29.6 Å². The second-order valence-electron chi connectivity index (χ2n) is 4.26. The van der Waals surface area contributed by atoms with Gasteiger partial charge in [0.2, 0.25) is 0 Å². The molecule has 0 radical (unpaired) electrons. The molecule has 1 atom stereocenters. The average molecular weight is 264 g/mol. The van der Waals surface area contributed by atoms with Gasteiger partial charge in [-0.25, -0.2) is 9.37 Å². The monoisotopic (exact) mass is 264 g/mol. The van der Waals surface area contributed by atoms with Crippen molar-refractivity contribution >= 4 is 11.3 Å². The third kappa shape index (κ3) is 3.15. The fraction of sp³-hybridized carbons (Fsp3) is 0.357. The Hall–Kier alpha value is -1.26. The van der Waals surface area contributed by atoms with Gasteiger partial charge in [0.05, 0.1) is 5.69 Å². The first-order valence-corrected chi connectivity index (χ1v) is 7.03. The van der Waals surface area contributed by atoms with Gasteiger partial charge in [-0.15, -0.1) is 11.3 Å². The summed E-state index contributed by atoms with van der Waals surface area (Å²) in [6, 6.07) is 6.81. The molecule has 2 aromatic rings. The van der Waals surface area contributed by atoms with E-state index in [0.717, 1.165) is 29.2 Å². The molecule has 0 saturated heterocycles. The number of nitrogens with zero attached hydrogens (tertiary/aromatic N) is 1. The second kappa shape index (κ2) is 6.07. The molecule has 0 aliphatic carbocycles. The lowest BCUT2D eigenvalue weighted by molar-refractivity contribution is 0.561. The van der Waals surface area contributed by atoms with Crippen molar-refractivity contribution in [3.8, 4) is 10.6 Å². The Bertz CT molecular complexity index is 510. The number of benzene rings is 1. The van der Waals surface area contributed by atoms with E-state index in [1.807, 2.05) is 11.4 Å². The molecule has 0 saturated carbocycles. The molecule has 0 amide bonds. The summed E-state index contributed by atoms with van der Waals surface area (Å²) in [4.78, 5) is 4.56. The Kier molecular flexibility index (Phi) is 4.44. The number of nitrogens with one attached hydrogen (secondary N) is 1. The molecule has 18 heavy (non-hydrogen) atoms. The molecule has 0 spiro atoms. The van der Waals surface area contributed by atoms with Crippen LogP contribution in [0.4, 0.5) is 4.39 Å². The minimum atomic E-state index is -0.221. The van der Waals surface area contributed by atoms with Crippen molar-refractivity contribution in [1.82, 2.24) is 10.3 Å². The normalized spacial score (nSPS) is 12.6. The first-order chi connectivity index (χ1) is 8.70. The third-order valence-electron chi connectivity index (χ3n) is 2.74. The topological polar surface area (TPSA) is 24.9 Å². The van der Waals surface area contributed by atoms with Crippen LogP contribution in [0, 0.1) is 5.82 Å². The first-order valence-electron chi connectivity index (χ1n) is 6.15. The molecule has 0 aliphatic rings. The molecule has 2 rings (SSSR count). The molecule has 4 heteroatoms. The standard InChI is InChI=1S/C14H17FN2S/c1-3-7-16-10(2)13-9-18-14(17-13)11-5-4-6-12(15)8-11/h4-6,8-10,16H,3,7H2,1-2H3. The fourth-order valence-electron chi connectivity index (χ4n) is 1.70. The molecule has 0 aliphatic heterocycles. The van der Waals surface area contributed by atoms with Gasteiger partial charge in [-0.05, 0) is 32.0 Å². The predicted molar refractivity (Wildman–Crippen MR) is 74.2 cm³/mol. The second-order valence-corrected chi connectivity index (χ2v) is 5.12. The molecular formula is C14H17FN2S. The maximum Gasteiger partial charge on any atom is 0.123 e. The summed E-state index contributed by atoms with van der Waals surface area (Å²) in [5.41, 5.74) is 1.86. The van der Waals surface area contributed by atoms with Crippen molar-refractivity contribution in [3.05, 3.63) is 41.2 Å². The van der Waals surface area contributed by atoms with Crippen molar-refractivity contribution in [2.75, 3.05) is 6.54 Å². The number of aromatic nitrogens is 1. The van der Waals surface area contributed by atoms with Gasteiger partial charge in [-0.2, -0.15) is 0 Å². The zero-order valence-electron chi connectivity index (χ0n) is 10.6. The van der Waals surface area contributed by atoms with E-state index in [0.29, 0.717) is 0 Å². The minimum Gasteiger partial charge on any atom is -0.309 e. The van der Waals surface area contributed by atoms with Crippen molar-refractivity contribution < 1.29 is 4.39 Å². The van der Waals surface area contributed by atoms with Crippen LogP contribution in [0.2, 0.25) is 0 Å². The highest BCUT2D eigenvalue weighted by Crippen LogP contribution is 2.26. The van der Waals surface area contributed by atoms with Crippen LogP contribution in [0.25, 0.3) is 10.6 Å². The Labute approximate surface area is 111 Å². The third-order valence-corrected chi connectivity index (χ3v) is 3.65. The SMILES string of the molecule is CCCNC(C)c1csc(-c2cccc(F)c2)n1. The molecule has 1 aromatic heterocycles. The fourth-order valence-corrected chi connectivity index (χ4v) is 2.61. The van der Waals surface area contributed by atoms with E-state index in [-0.39, 0.29) is 11.9 Å². The summed E-state index contributed by atoms with van der Waals surface area (Å²) >= 11 is 1.56. The summed E-state index contributed by atoms with van der Waals surface area (Å²) in [5, 5.41) is 6.30. The Morgan fingerprint density at radius 1 is 1.44 bits per heavy atom. The molecule has 1 unspecified atom stereocenters. The molecule has 1 heterocycles.